The monoisotopic (exact) mass is 642 g/mol. The van der Waals surface area contributed by atoms with Crippen molar-refractivity contribution in [3.05, 3.63) is 98.4 Å². The molecular formula is C30H32Br2N2O4. The van der Waals surface area contributed by atoms with Crippen molar-refractivity contribution in [2.75, 3.05) is 19.8 Å². The van der Waals surface area contributed by atoms with Crippen molar-refractivity contribution < 1.29 is 19.4 Å². The summed E-state index contributed by atoms with van der Waals surface area (Å²) in [7, 11) is 0. The minimum absolute atomic E-state index is 0.0834. The molecule has 0 bridgehead atoms. The van der Waals surface area contributed by atoms with Crippen LogP contribution < -0.4 is 10.1 Å². The number of nitrogens with zero attached hydrogens (tertiary/aromatic N) is 1. The molecule has 2 atom stereocenters. The van der Waals surface area contributed by atoms with Gasteiger partial charge in [-0.2, -0.15) is 0 Å². The average Bonchev–Trinajstić information content (AvgIpc) is 3.31. The summed E-state index contributed by atoms with van der Waals surface area (Å²) >= 11 is 7.18. The van der Waals surface area contributed by atoms with E-state index in [4.69, 9.17) is 19.6 Å². The van der Waals surface area contributed by atoms with Crippen LogP contribution in [-0.4, -0.2) is 42.2 Å². The van der Waals surface area contributed by atoms with E-state index in [1.165, 1.54) is 0 Å². The molecular weight excluding hydrogens is 612 g/mol. The number of hydrogen-bond acceptors (Lipinski definition) is 5. The molecule has 0 fully saturated rings. The molecule has 0 radical (unpaired) electrons. The van der Waals surface area contributed by atoms with E-state index in [-0.39, 0.29) is 12.5 Å². The molecule has 1 aliphatic rings. The Hall–Kier alpha value is -2.68. The van der Waals surface area contributed by atoms with E-state index in [0.29, 0.717) is 37.6 Å². The number of benzene rings is 3. The van der Waals surface area contributed by atoms with Gasteiger partial charge in [0.2, 0.25) is 5.90 Å². The maximum absolute atomic E-state index is 14.0. The van der Waals surface area contributed by atoms with E-state index in [1.807, 2.05) is 72.8 Å². The van der Waals surface area contributed by atoms with Crippen LogP contribution in [0.2, 0.25) is 0 Å². The fourth-order valence-corrected chi connectivity index (χ4v) is 5.07. The van der Waals surface area contributed by atoms with Gasteiger partial charge in [0.05, 0.1) is 6.61 Å². The second kappa shape index (κ2) is 13.4. The third-order valence-electron chi connectivity index (χ3n) is 6.44. The Morgan fingerprint density at radius 1 is 1.05 bits per heavy atom. The van der Waals surface area contributed by atoms with Crippen LogP contribution >= 0.6 is 31.9 Å². The summed E-state index contributed by atoms with van der Waals surface area (Å²) in [5.41, 5.74) is 1.39. The molecule has 200 valence electrons. The van der Waals surface area contributed by atoms with Crippen molar-refractivity contribution in [2.24, 2.45) is 4.99 Å². The Morgan fingerprint density at radius 2 is 1.79 bits per heavy atom. The molecule has 1 aliphatic heterocycles. The van der Waals surface area contributed by atoms with Crippen molar-refractivity contribution in [3.63, 3.8) is 0 Å². The Labute approximate surface area is 240 Å². The van der Waals surface area contributed by atoms with E-state index in [9.17, 15) is 4.79 Å². The van der Waals surface area contributed by atoms with Crippen molar-refractivity contribution >= 4 is 43.7 Å². The molecule has 8 heteroatoms. The van der Waals surface area contributed by atoms with Gasteiger partial charge in [-0.25, -0.2) is 4.99 Å². The lowest BCUT2D eigenvalue weighted by Crippen LogP contribution is -2.50. The van der Waals surface area contributed by atoms with Crippen molar-refractivity contribution in [3.8, 4) is 5.75 Å². The number of aliphatic imine (C=N–C) groups is 1. The quantitative estimate of drug-likeness (QED) is 0.224. The van der Waals surface area contributed by atoms with Crippen LogP contribution in [0.15, 0.2) is 86.7 Å². The SMILES string of the molecule is CCCCNC(=O)[C@]1(Cc2ccccc2Br)N=C(c2ccc(OCCCO)cc2)O[C@@H]1c1ccc(Br)cc1. The normalized spacial score (nSPS) is 18.5. The Balaban J connectivity index is 1.76. The first-order chi connectivity index (χ1) is 18.5. The number of hydrogen-bond donors (Lipinski definition) is 2. The van der Waals surface area contributed by atoms with Crippen LogP contribution in [0, 0.1) is 0 Å². The maximum Gasteiger partial charge on any atom is 0.252 e. The summed E-state index contributed by atoms with van der Waals surface area (Å²) in [6, 6.07) is 23.2. The zero-order valence-electron chi connectivity index (χ0n) is 21.3. The first-order valence-electron chi connectivity index (χ1n) is 12.8. The standard InChI is InChI=1S/C30H32Br2N2O4/c1-2-3-17-33-29(36)30(20-23-7-4-5-8-26(23)32)27(21-9-13-24(31)14-10-21)38-28(34-30)22-11-15-25(16-12-22)37-19-6-18-35/h4-5,7-16,27,35H,2-3,6,17-20H2,1H3,(H,33,36)/t27-,30-/m1/s1. The van der Waals surface area contributed by atoms with E-state index in [0.717, 1.165) is 38.5 Å². The van der Waals surface area contributed by atoms with Crippen LogP contribution in [-0.2, 0) is 16.0 Å². The van der Waals surface area contributed by atoms with Gasteiger partial charge in [-0.15, -0.1) is 0 Å². The predicted octanol–water partition coefficient (Wildman–Crippen LogP) is 6.39. The van der Waals surface area contributed by atoms with E-state index in [2.05, 4.69) is 44.1 Å². The number of aliphatic hydroxyl groups excluding tert-OH is 1. The minimum atomic E-state index is -1.21. The number of carbonyl (C=O) groups is 1. The van der Waals surface area contributed by atoms with Crippen LogP contribution in [0.1, 0.15) is 49.0 Å². The van der Waals surface area contributed by atoms with E-state index in [1.54, 1.807) is 0 Å². The lowest BCUT2D eigenvalue weighted by atomic mass is 9.82. The van der Waals surface area contributed by atoms with Gasteiger partial charge in [0.15, 0.2) is 11.6 Å². The zero-order valence-corrected chi connectivity index (χ0v) is 24.5. The molecule has 38 heavy (non-hydrogen) atoms. The predicted molar refractivity (Wildman–Crippen MR) is 157 cm³/mol. The molecule has 4 rings (SSSR count). The molecule has 6 nitrogen and oxygen atoms in total. The van der Waals surface area contributed by atoms with Crippen molar-refractivity contribution in [2.45, 2.75) is 44.2 Å². The van der Waals surface area contributed by atoms with E-state index >= 15 is 0 Å². The van der Waals surface area contributed by atoms with Gasteiger partial charge in [0.1, 0.15) is 5.75 Å². The second-order valence-electron chi connectivity index (χ2n) is 9.22. The summed E-state index contributed by atoms with van der Waals surface area (Å²) < 4.78 is 14.1. The summed E-state index contributed by atoms with van der Waals surface area (Å²) in [5, 5.41) is 12.1. The van der Waals surface area contributed by atoms with Gasteiger partial charge in [0, 0.05) is 40.5 Å². The first-order valence-corrected chi connectivity index (χ1v) is 14.4. The fraction of sp³-hybridized carbons (Fsp3) is 0.333. The van der Waals surface area contributed by atoms with Gasteiger partial charge in [-0.3, -0.25) is 4.79 Å². The number of amides is 1. The molecule has 1 heterocycles. The number of halogens is 2. The van der Waals surface area contributed by atoms with E-state index < -0.39 is 11.6 Å². The Morgan fingerprint density at radius 3 is 2.47 bits per heavy atom. The highest BCUT2D eigenvalue weighted by Crippen LogP contribution is 2.43. The number of ether oxygens (including phenoxy) is 2. The van der Waals surface area contributed by atoms with Gasteiger partial charge in [-0.1, -0.05) is 75.5 Å². The lowest BCUT2D eigenvalue weighted by Gasteiger charge is -2.31. The number of carbonyl (C=O) groups excluding carboxylic acids is 1. The molecule has 3 aromatic carbocycles. The largest absolute Gasteiger partial charge is 0.494 e. The number of rotatable bonds is 12. The Kier molecular flexibility index (Phi) is 9.99. The zero-order chi connectivity index (χ0) is 27.0. The molecule has 3 aromatic rings. The third-order valence-corrected chi connectivity index (χ3v) is 7.74. The molecule has 2 N–H and O–H groups in total. The highest BCUT2D eigenvalue weighted by atomic mass is 79.9. The highest BCUT2D eigenvalue weighted by molar-refractivity contribution is 9.10. The summed E-state index contributed by atoms with van der Waals surface area (Å²) in [5.74, 6) is 0.952. The fourth-order valence-electron chi connectivity index (χ4n) is 4.38. The van der Waals surface area contributed by atoms with Gasteiger partial charge in [0.25, 0.3) is 5.91 Å². The molecule has 0 unspecified atom stereocenters. The lowest BCUT2D eigenvalue weighted by molar-refractivity contribution is -0.128. The molecule has 0 saturated heterocycles. The second-order valence-corrected chi connectivity index (χ2v) is 11.0. The maximum atomic E-state index is 14.0. The highest BCUT2D eigenvalue weighted by Gasteiger charge is 2.53. The van der Waals surface area contributed by atoms with Crippen molar-refractivity contribution in [1.29, 1.82) is 0 Å². The van der Waals surface area contributed by atoms with Crippen LogP contribution in [0.3, 0.4) is 0 Å². The molecule has 0 aromatic heterocycles. The van der Waals surface area contributed by atoms with Gasteiger partial charge in [-0.05, 0) is 60.0 Å². The van der Waals surface area contributed by atoms with Gasteiger partial charge >= 0.3 is 0 Å². The van der Waals surface area contributed by atoms with Crippen molar-refractivity contribution in [1.82, 2.24) is 5.32 Å². The number of aliphatic hydroxyl groups is 1. The minimum Gasteiger partial charge on any atom is -0.494 e. The molecule has 0 aliphatic carbocycles. The van der Waals surface area contributed by atoms with Gasteiger partial charge < -0.3 is 19.9 Å². The first kappa shape index (κ1) is 28.3. The summed E-state index contributed by atoms with van der Waals surface area (Å²) in [6.45, 7) is 3.19. The Bertz CT molecular complexity index is 1250. The topological polar surface area (TPSA) is 80.2 Å². The third kappa shape index (κ3) is 6.65. The smallest absolute Gasteiger partial charge is 0.252 e. The average molecular weight is 644 g/mol. The van der Waals surface area contributed by atoms with Crippen LogP contribution in [0.5, 0.6) is 5.75 Å². The molecule has 1 amide bonds. The molecule has 0 spiro atoms. The number of unbranched alkanes of at least 4 members (excludes halogenated alkanes) is 1. The molecule has 0 saturated carbocycles. The summed E-state index contributed by atoms with van der Waals surface area (Å²) in [4.78, 5) is 19.1. The van der Waals surface area contributed by atoms with Crippen LogP contribution in [0.25, 0.3) is 0 Å². The summed E-state index contributed by atoms with van der Waals surface area (Å²) in [6.07, 6.45) is 2.16. The van der Waals surface area contributed by atoms with Crippen LogP contribution in [0.4, 0.5) is 0 Å². The number of nitrogens with one attached hydrogen (secondary N) is 1.